The second-order valence-electron chi connectivity index (χ2n) is 7.67. The summed E-state index contributed by atoms with van der Waals surface area (Å²) in [7, 11) is -3.76. The maximum absolute atomic E-state index is 12.9. The van der Waals surface area contributed by atoms with Crippen molar-refractivity contribution in [2.45, 2.75) is 39.8 Å². The van der Waals surface area contributed by atoms with Gasteiger partial charge in [0.25, 0.3) is 0 Å². The summed E-state index contributed by atoms with van der Waals surface area (Å²) in [6, 6.07) is 9.04. The highest BCUT2D eigenvalue weighted by Gasteiger charge is 2.29. The number of nitrogens with one attached hydrogen (secondary N) is 1. The van der Waals surface area contributed by atoms with Crippen LogP contribution >= 0.6 is 22.9 Å². The minimum Gasteiger partial charge on any atom is -0.324 e. The van der Waals surface area contributed by atoms with E-state index in [1.54, 1.807) is 34.9 Å². The Balaban J connectivity index is 1.92. The number of thiazole rings is 1. The number of hydrogen-bond donors (Lipinski definition) is 1. The summed E-state index contributed by atoms with van der Waals surface area (Å²) in [6.45, 7) is 7.18. The molecule has 7 nitrogen and oxygen atoms in total. The highest BCUT2D eigenvalue weighted by molar-refractivity contribution is 7.92. The number of aryl methyl sites for hydroxylation is 1. The molecule has 0 bridgehead atoms. The lowest BCUT2D eigenvalue weighted by molar-refractivity contribution is -0.116. The van der Waals surface area contributed by atoms with Crippen LogP contribution < -0.4 is 14.5 Å². The Kier molecular flexibility index (Phi) is 6.50. The maximum atomic E-state index is 12.9. The number of carbonyl (C=O) groups excluding carboxylic acids is 1. The van der Waals surface area contributed by atoms with Crippen LogP contribution in [0.5, 0.6) is 0 Å². The third-order valence-corrected chi connectivity index (χ3v) is 7.46. The molecule has 10 heteroatoms. The molecule has 31 heavy (non-hydrogen) atoms. The van der Waals surface area contributed by atoms with E-state index in [1.807, 2.05) is 20.8 Å². The first-order valence-electron chi connectivity index (χ1n) is 9.61. The molecule has 2 aromatic carbocycles. The van der Waals surface area contributed by atoms with E-state index in [1.165, 1.54) is 13.0 Å². The number of nitrogens with zero attached hydrogens (tertiary/aromatic N) is 2. The normalized spacial score (nSPS) is 12.9. The summed E-state index contributed by atoms with van der Waals surface area (Å²) >= 11 is 7.27. The van der Waals surface area contributed by atoms with Crippen molar-refractivity contribution in [2.75, 3.05) is 15.9 Å². The molecule has 0 unspecified atom stereocenters. The zero-order valence-electron chi connectivity index (χ0n) is 17.8. The Hall–Kier alpha value is -2.36. The second kappa shape index (κ2) is 8.64. The molecule has 1 atom stereocenters. The molecule has 0 radical (unpaired) electrons. The van der Waals surface area contributed by atoms with Crippen LogP contribution in [0.4, 0.5) is 11.4 Å². The van der Waals surface area contributed by atoms with Gasteiger partial charge >= 0.3 is 4.87 Å². The number of anilines is 2. The summed E-state index contributed by atoms with van der Waals surface area (Å²) in [5, 5.41) is 3.17. The van der Waals surface area contributed by atoms with E-state index in [0.717, 1.165) is 37.7 Å². The third kappa shape index (κ3) is 4.78. The van der Waals surface area contributed by atoms with Gasteiger partial charge in [0.1, 0.15) is 6.04 Å². The lowest BCUT2D eigenvalue weighted by Crippen LogP contribution is -2.45. The van der Waals surface area contributed by atoms with Crippen LogP contribution in [0.2, 0.25) is 5.02 Å². The van der Waals surface area contributed by atoms with Gasteiger partial charge in [-0.1, -0.05) is 29.0 Å². The molecule has 166 valence electrons. The highest BCUT2D eigenvalue weighted by atomic mass is 35.5. The Morgan fingerprint density at radius 1 is 1.16 bits per heavy atom. The van der Waals surface area contributed by atoms with E-state index in [4.69, 9.17) is 11.6 Å². The molecule has 0 aliphatic heterocycles. The summed E-state index contributed by atoms with van der Waals surface area (Å²) in [5.41, 5.74) is 2.39. The van der Waals surface area contributed by atoms with Crippen LogP contribution in [-0.2, 0) is 14.8 Å². The lowest BCUT2D eigenvalue weighted by atomic mass is 10.2. The van der Waals surface area contributed by atoms with Crippen LogP contribution in [-0.4, -0.2) is 31.2 Å². The number of fused-ring (bicyclic) bond motifs is 1. The number of carbonyl (C=O) groups is 1. The fraction of sp³-hybridized carbons (Fsp3) is 0.333. The van der Waals surface area contributed by atoms with Crippen molar-refractivity contribution in [3.8, 4) is 0 Å². The summed E-state index contributed by atoms with van der Waals surface area (Å²) < 4.78 is 28.4. The molecular formula is C21H24ClN3O4S2. The molecule has 1 aromatic heterocycles. The van der Waals surface area contributed by atoms with E-state index < -0.39 is 22.0 Å². The van der Waals surface area contributed by atoms with Crippen LogP contribution in [0.25, 0.3) is 10.2 Å². The number of amides is 1. The zero-order chi connectivity index (χ0) is 23.1. The second-order valence-corrected chi connectivity index (χ2v) is 10.9. The zero-order valence-corrected chi connectivity index (χ0v) is 20.2. The van der Waals surface area contributed by atoms with Gasteiger partial charge in [-0.2, -0.15) is 0 Å². The van der Waals surface area contributed by atoms with Gasteiger partial charge in [-0.3, -0.25) is 18.5 Å². The van der Waals surface area contributed by atoms with Crippen LogP contribution in [0.3, 0.4) is 0 Å². The minimum absolute atomic E-state index is 0.0198. The fourth-order valence-corrected chi connectivity index (χ4v) is 5.77. The largest absolute Gasteiger partial charge is 0.324 e. The van der Waals surface area contributed by atoms with Crippen molar-refractivity contribution in [3.05, 3.63) is 56.7 Å². The van der Waals surface area contributed by atoms with Crippen molar-refractivity contribution in [1.82, 2.24) is 4.57 Å². The molecule has 1 heterocycles. The molecule has 1 N–H and O–H groups in total. The molecule has 0 aliphatic carbocycles. The van der Waals surface area contributed by atoms with E-state index in [9.17, 15) is 18.0 Å². The maximum Gasteiger partial charge on any atom is 0.308 e. The average molecular weight is 482 g/mol. The van der Waals surface area contributed by atoms with Gasteiger partial charge in [0.15, 0.2) is 0 Å². The third-order valence-electron chi connectivity index (χ3n) is 4.90. The van der Waals surface area contributed by atoms with Gasteiger partial charge in [0.2, 0.25) is 15.9 Å². The van der Waals surface area contributed by atoms with Gasteiger partial charge in [-0.25, -0.2) is 8.42 Å². The van der Waals surface area contributed by atoms with E-state index in [0.29, 0.717) is 16.4 Å². The first kappa shape index (κ1) is 23.3. The SMILES string of the molecule is Cc1ccc(N([C@@H](C)C(=O)Nc2ccc3c(c2)sc(=O)n3C(C)C)S(C)(=O)=O)cc1Cl. The molecule has 0 aliphatic rings. The summed E-state index contributed by atoms with van der Waals surface area (Å²) in [6.07, 6.45) is 1.04. The molecule has 0 saturated heterocycles. The molecule has 0 spiro atoms. The van der Waals surface area contributed by atoms with Gasteiger partial charge in [-0.15, -0.1) is 0 Å². The van der Waals surface area contributed by atoms with E-state index >= 15 is 0 Å². The fourth-order valence-electron chi connectivity index (χ4n) is 3.38. The highest BCUT2D eigenvalue weighted by Crippen LogP contribution is 2.28. The summed E-state index contributed by atoms with van der Waals surface area (Å²) in [4.78, 5) is 25.1. The number of halogens is 1. The van der Waals surface area contributed by atoms with Crippen molar-refractivity contribution in [2.24, 2.45) is 0 Å². The van der Waals surface area contributed by atoms with Crippen LogP contribution in [0.1, 0.15) is 32.4 Å². The van der Waals surface area contributed by atoms with Gasteiger partial charge in [0, 0.05) is 16.8 Å². The topological polar surface area (TPSA) is 88.5 Å². The standard InChI is InChI=1S/C21H24ClN3O4S2/c1-12(2)24-18-9-7-15(10-19(18)30-21(24)27)23-20(26)14(4)25(31(5,28)29)16-8-6-13(3)17(22)11-16/h6-12,14H,1-5H3,(H,23,26)/t14-/m0/s1. The predicted octanol–water partition coefficient (Wildman–Crippen LogP) is 4.40. The average Bonchev–Trinajstić information content (AvgIpc) is 2.98. The van der Waals surface area contributed by atoms with Crippen LogP contribution in [0, 0.1) is 6.92 Å². The first-order valence-corrected chi connectivity index (χ1v) is 12.7. The number of rotatable bonds is 6. The summed E-state index contributed by atoms with van der Waals surface area (Å²) in [5.74, 6) is -0.503. The number of sulfonamides is 1. The van der Waals surface area contributed by atoms with Crippen molar-refractivity contribution in [3.63, 3.8) is 0 Å². The number of hydrogen-bond acceptors (Lipinski definition) is 5. The molecule has 3 aromatic rings. The number of aromatic nitrogens is 1. The molecule has 0 fully saturated rings. The Morgan fingerprint density at radius 3 is 2.42 bits per heavy atom. The van der Waals surface area contributed by atoms with Gasteiger partial charge < -0.3 is 5.32 Å². The Morgan fingerprint density at radius 2 is 1.84 bits per heavy atom. The molecule has 1 amide bonds. The van der Waals surface area contributed by atoms with Crippen molar-refractivity contribution >= 4 is 60.5 Å². The smallest absolute Gasteiger partial charge is 0.308 e. The lowest BCUT2D eigenvalue weighted by Gasteiger charge is -2.28. The van der Waals surface area contributed by atoms with Crippen molar-refractivity contribution in [1.29, 1.82) is 0 Å². The first-order chi connectivity index (χ1) is 14.4. The molecule has 3 rings (SSSR count). The molecule has 0 saturated carbocycles. The molecular weight excluding hydrogens is 458 g/mol. The minimum atomic E-state index is -3.76. The van der Waals surface area contributed by atoms with Crippen molar-refractivity contribution < 1.29 is 13.2 Å². The Labute approximate surface area is 190 Å². The van der Waals surface area contributed by atoms with E-state index in [2.05, 4.69) is 5.32 Å². The van der Waals surface area contributed by atoms with Gasteiger partial charge in [0.05, 0.1) is 22.2 Å². The predicted molar refractivity (Wildman–Crippen MR) is 128 cm³/mol. The van der Waals surface area contributed by atoms with Gasteiger partial charge in [-0.05, 0) is 63.6 Å². The number of benzene rings is 2. The monoisotopic (exact) mass is 481 g/mol. The van der Waals surface area contributed by atoms with Crippen LogP contribution in [0.15, 0.2) is 41.2 Å². The van der Waals surface area contributed by atoms with E-state index in [-0.39, 0.29) is 10.9 Å². The Bertz CT molecular complexity index is 1310. The quantitative estimate of drug-likeness (QED) is 0.565.